The highest BCUT2D eigenvalue weighted by Gasteiger charge is 2.45. The van der Waals surface area contributed by atoms with Crippen LogP contribution in [0.3, 0.4) is 0 Å². The molecule has 1 unspecified atom stereocenters. The van der Waals surface area contributed by atoms with E-state index in [4.69, 9.17) is 14.0 Å². The van der Waals surface area contributed by atoms with Crippen LogP contribution in [0, 0.1) is 10.1 Å². The summed E-state index contributed by atoms with van der Waals surface area (Å²) < 4.78 is 42.3. The van der Waals surface area contributed by atoms with Crippen molar-refractivity contribution in [2.75, 3.05) is 19.8 Å². The van der Waals surface area contributed by atoms with Crippen molar-refractivity contribution in [1.29, 1.82) is 0 Å². The maximum Gasteiger partial charge on any atom is 0.410 e. The van der Waals surface area contributed by atoms with Crippen LogP contribution in [0.2, 0.25) is 18.1 Å². The number of fused-ring (bicyclic) bond motifs is 1. The van der Waals surface area contributed by atoms with Gasteiger partial charge in [0.15, 0.2) is 13.2 Å². The van der Waals surface area contributed by atoms with Gasteiger partial charge in [-0.1, -0.05) is 54.8 Å². The summed E-state index contributed by atoms with van der Waals surface area (Å²) in [7, 11) is -6.73. The minimum Gasteiger partial charge on any atom is -0.444 e. The Balaban J connectivity index is 2.10. The van der Waals surface area contributed by atoms with Crippen LogP contribution in [-0.2, 0) is 37.1 Å². The Kier molecular flexibility index (Phi) is 11.3. The summed E-state index contributed by atoms with van der Waals surface area (Å²) in [6.07, 6.45) is 1.13. The molecule has 2 aromatic rings. The van der Waals surface area contributed by atoms with Gasteiger partial charge in [0.2, 0.25) is 0 Å². The molecule has 0 fully saturated rings. The SMILES string of the molecule is C=CCON(C1CN(C(=O)OC(C)(C)C)Cc2c1sc(=O)n2CCCO[Si](C)(C)C(C)(C)C)S(=O)(=O)c1ccccc1[N+](=O)[O-]. The molecule has 0 saturated carbocycles. The van der Waals surface area contributed by atoms with Crippen molar-refractivity contribution >= 4 is 41.5 Å². The van der Waals surface area contributed by atoms with E-state index < -0.39 is 51.6 Å². The van der Waals surface area contributed by atoms with Crippen molar-refractivity contribution in [1.82, 2.24) is 13.9 Å². The van der Waals surface area contributed by atoms with Gasteiger partial charge < -0.3 is 18.6 Å². The van der Waals surface area contributed by atoms with Gasteiger partial charge in [0.1, 0.15) is 11.6 Å². The van der Waals surface area contributed by atoms with Crippen LogP contribution in [0.15, 0.2) is 46.6 Å². The fourth-order valence-corrected chi connectivity index (χ4v) is 8.22. The van der Waals surface area contributed by atoms with E-state index in [-0.39, 0.29) is 36.2 Å². The first-order chi connectivity index (χ1) is 20.7. The van der Waals surface area contributed by atoms with Crippen LogP contribution < -0.4 is 4.87 Å². The lowest BCUT2D eigenvalue weighted by molar-refractivity contribution is -0.388. The highest BCUT2D eigenvalue weighted by molar-refractivity contribution is 7.89. The van der Waals surface area contributed by atoms with E-state index in [2.05, 4.69) is 40.4 Å². The third-order valence-electron chi connectivity index (χ3n) is 7.66. The first-order valence-corrected chi connectivity index (χ1v) is 19.7. The molecular weight excluding hydrogens is 641 g/mol. The van der Waals surface area contributed by atoms with Crippen molar-refractivity contribution in [2.45, 2.75) is 95.7 Å². The van der Waals surface area contributed by atoms with E-state index in [9.17, 15) is 28.1 Å². The fourth-order valence-electron chi connectivity index (χ4n) is 4.41. The van der Waals surface area contributed by atoms with Gasteiger partial charge in [-0.05, 0) is 51.4 Å². The molecule has 0 saturated heterocycles. The standard InChI is InChI=1S/C29H44N4O9S2Si/c1-10-17-40-33(44(38,39)24-15-12-11-14-21(24)32(36)37)23-20-30(26(34)42-28(2,3)4)19-22-25(23)43-27(35)31(22)16-13-18-41-45(8,9)29(5,6)7/h10-12,14-15,23H,1,13,16-20H2,2-9H3. The summed E-state index contributed by atoms with van der Waals surface area (Å²) in [5.41, 5.74) is -1.06. The molecule has 1 aromatic carbocycles. The second kappa shape index (κ2) is 13.8. The number of nitro benzene ring substituents is 1. The molecule has 250 valence electrons. The zero-order chi connectivity index (χ0) is 34.0. The smallest absolute Gasteiger partial charge is 0.410 e. The predicted octanol–water partition coefficient (Wildman–Crippen LogP) is 5.83. The molecule has 1 aliphatic heterocycles. The fraction of sp³-hybridized carbons (Fsp3) is 0.586. The van der Waals surface area contributed by atoms with Gasteiger partial charge >= 0.3 is 11.0 Å². The van der Waals surface area contributed by atoms with Gasteiger partial charge in [-0.2, -0.15) is 0 Å². The normalized spacial score (nSPS) is 16.0. The van der Waals surface area contributed by atoms with Crippen molar-refractivity contribution in [3.8, 4) is 0 Å². The quantitative estimate of drug-likeness (QED) is 0.0884. The maximum atomic E-state index is 14.1. The Morgan fingerprint density at radius 1 is 1.22 bits per heavy atom. The number of hydroxylamine groups is 1. The number of rotatable bonds is 12. The Morgan fingerprint density at radius 3 is 2.44 bits per heavy atom. The summed E-state index contributed by atoms with van der Waals surface area (Å²) in [5.74, 6) is 0. The topological polar surface area (TPSA) is 151 Å². The first kappa shape index (κ1) is 36.6. The molecule has 16 heteroatoms. The average Bonchev–Trinajstić information content (AvgIpc) is 3.24. The van der Waals surface area contributed by atoms with Gasteiger partial charge in [-0.25, -0.2) is 13.2 Å². The number of carbonyl (C=O) groups is 1. The number of benzene rings is 1. The van der Waals surface area contributed by atoms with Gasteiger partial charge in [-0.15, -0.1) is 6.58 Å². The minimum atomic E-state index is -4.71. The van der Waals surface area contributed by atoms with Crippen LogP contribution in [-0.4, -0.2) is 67.0 Å². The van der Waals surface area contributed by atoms with E-state index >= 15 is 0 Å². The zero-order valence-electron chi connectivity index (χ0n) is 27.2. The molecule has 0 spiro atoms. The number of amides is 1. The largest absolute Gasteiger partial charge is 0.444 e. The number of nitrogens with zero attached hydrogens (tertiary/aromatic N) is 4. The van der Waals surface area contributed by atoms with Gasteiger partial charge in [0, 0.05) is 25.8 Å². The molecule has 0 N–H and O–H groups in total. The lowest BCUT2D eigenvalue weighted by Crippen LogP contribution is -2.47. The Morgan fingerprint density at radius 2 is 1.87 bits per heavy atom. The van der Waals surface area contributed by atoms with E-state index in [0.29, 0.717) is 28.1 Å². The molecular formula is C29H44N4O9S2Si. The number of sulfonamides is 1. The lowest BCUT2D eigenvalue weighted by Gasteiger charge is -2.38. The molecule has 0 aliphatic carbocycles. The van der Waals surface area contributed by atoms with Crippen molar-refractivity contribution < 1.29 is 32.1 Å². The molecule has 0 radical (unpaired) electrons. The summed E-state index contributed by atoms with van der Waals surface area (Å²) >= 11 is 0.854. The van der Waals surface area contributed by atoms with Crippen molar-refractivity contribution in [2.24, 2.45) is 0 Å². The summed E-state index contributed by atoms with van der Waals surface area (Å²) in [6.45, 7) is 19.6. The number of hydrogen-bond donors (Lipinski definition) is 0. The van der Waals surface area contributed by atoms with E-state index in [0.717, 1.165) is 23.5 Å². The second-order valence-electron chi connectivity index (χ2n) is 13.2. The molecule has 1 aliphatic rings. The summed E-state index contributed by atoms with van der Waals surface area (Å²) in [5, 5.41) is 11.8. The van der Waals surface area contributed by atoms with E-state index in [1.807, 2.05) is 0 Å². The molecule has 13 nitrogen and oxygen atoms in total. The number of carbonyl (C=O) groups excluding carboxylic acids is 1. The number of aromatic nitrogens is 1. The van der Waals surface area contributed by atoms with Crippen molar-refractivity contribution in [3.63, 3.8) is 0 Å². The monoisotopic (exact) mass is 684 g/mol. The third kappa shape index (κ3) is 8.48. The molecule has 1 aromatic heterocycles. The highest BCUT2D eigenvalue weighted by atomic mass is 32.2. The van der Waals surface area contributed by atoms with Crippen LogP contribution >= 0.6 is 11.3 Å². The highest BCUT2D eigenvalue weighted by Crippen LogP contribution is 2.39. The van der Waals surface area contributed by atoms with Gasteiger partial charge in [-0.3, -0.25) is 19.7 Å². The van der Waals surface area contributed by atoms with E-state index in [1.165, 1.54) is 27.7 Å². The molecule has 3 rings (SSSR count). The minimum absolute atomic E-state index is 0.0105. The Bertz CT molecular complexity index is 1570. The summed E-state index contributed by atoms with van der Waals surface area (Å²) in [6, 6.07) is 3.71. The third-order valence-corrected chi connectivity index (χ3v) is 15.1. The number of thiazole rings is 1. The lowest BCUT2D eigenvalue weighted by atomic mass is 10.1. The van der Waals surface area contributed by atoms with Gasteiger partial charge in [0.25, 0.3) is 15.7 Å². The predicted molar refractivity (Wildman–Crippen MR) is 174 cm³/mol. The number of ether oxygens (including phenoxy) is 1. The Labute approximate surface area is 269 Å². The zero-order valence-corrected chi connectivity index (χ0v) is 29.8. The van der Waals surface area contributed by atoms with Crippen molar-refractivity contribution in [3.05, 3.63) is 67.3 Å². The van der Waals surface area contributed by atoms with Crippen LogP contribution in [0.1, 0.15) is 64.6 Å². The van der Waals surface area contributed by atoms with Crippen LogP contribution in [0.25, 0.3) is 0 Å². The molecule has 1 atom stereocenters. The number of hydrogen-bond acceptors (Lipinski definition) is 10. The van der Waals surface area contributed by atoms with E-state index in [1.54, 1.807) is 20.8 Å². The summed E-state index contributed by atoms with van der Waals surface area (Å²) in [4.78, 5) is 44.2. The maximum absolute atomic E-state index is 14.1. The first-order valence-electron chi connectivity index (χ1n) is 14.6. The molecule has 1 amide bonds. The second-order valence-corrected chi connectivity index (χ2v) is 20.8. The average molecular weight is 685 g/mol. The molecule has 2 heterocycles. The van der Waals surface area contributed by atoms with Gasteiger partial charge in [0.05, 0.1) is 28.6 Å². The van der Waals surface area contributed by atoms with Crippen LogP contribution in [0.4, 0.5) is 10.5 Å². The molecule has 0 bridgehead atoms. The molecule has 45 heavy (non-hydrogen) atoms. The van der Waals surface area contributed by atoms with Crippen LogP contribution in [0.5, 0.6) is 0 Å². The Hall–Kier alpha value is -2.89. The number of para-hydroxylation sites is 1. The number of nitro groups is 1.